The second-order valence-electron chi connectivity index (χ2n) is 9.61. The number of nitrogens with zero attached hydrogens (tertiary/aromatic N) is 5. The summed E-state index contributed by atoms with van der Waals surface area (Å²) in [6.07, 6.45) is -2.23. The van der Waals surface area contributed by atoms with Crippen molar-refractivity contribution in [2.24, 2.45) is 0 Å². The van der Waals surface area contributed by atoms with Crippen LogP contribution in [0.25, 0.3) is 0 Å². The largest absolute Gasteiger partial charge is 0.573 e. The van der Waals surface area contributed by atoms with Gasteiger partial charge in [-0.15, -0.1) is 13.2 Å². The lowest BCUT2D eigenvalue weighted by molar-refractivity contribution is -0.389. The highest BCUT2D eigenvalue weighted by Crippen LogP contribution is 2.30. The first-order chi connectivity index (χ1) is 19.5. The fourth-order valence-electron chi connectivity index (χ4n) is 4.87. The van der Waals surface area contributed by atoms with E-state index in [2.05, 4.69) is 26.4 Å². The average molecular weight is 598 g/mol. The predicted molar refractivity (Wildman–Crippen MR) is 148 cm³/mol. The molecule has 0 bridgehead atoms. The molecule has 1 fully saturated rings. The summed E-state index contributed by atoms with van der Waals surface area (Å²) in [5.41, 5.74) is 1.91. The monoisotopic (exact) mass is 597 g/mol. The van der Waals surface area contributed by atoms with Gasteiger partial charge in [-0.2, -0.15) is 0 Å². The van der Waals surface area contributed by atoms with Gasteiger partial charge in [-0.25, -0.2) is 0 Å². The summed E-state index contributed by atoms with van der Waals surface area (Å²) in [6.45, 7) is 4.75. The topological polar surface area (TPSA) is 106 Å². The van der Waals surface area contributed by atoms with Crippen LogP contribution in [0.3, 0.4) is 0 Å². The zero-order valence-corrected chi connectivity index (χ0v) is 23.1. The van der Waals surface area contributed by atoms with Gasteiger partial charge in [-0.1, -0.05) is 0 Å². The zero-order valence-electron chi connectivity index (χ0n) is 22.3. The van der Waals surface area contributed by atoms with Crippen molar-refractivity contribution in [3.05, 3.63) is 70.1 Å². The van der Waals surface area contributed by atoms with E-state index in [-0.39, 0.29) is 36.4 Å². The molecule has 1 N–H and O–H groups in total. The molecule has 0 saturated carbocycles. The number of aliphatic hydroxyl groups excluding tert-OH is 1. The van der Waals surface area contributed by atoms with E-state index >= 15 is 0 Å². The molecule has 1 atom stereocenters. The lowest BCUT2D eigenvalue weighted by atomic mass is 10.0. The predicted octanol–water partition coefficient (Wildman–Crippen LogP) is 5.67. The van der Waals surface area contributed by atoms with Crippen molar-refractivity contribution in [2.45, 2.75) is 51.2 Å². The van der Waals surface area contributed by atoms with Gasteiger partial charge in [0.25, 0.3) is 0 Å². The standard InChI is InChI=1S/C27H31ClF3N5O5/c1-2-35(21-11-14-33(15-12-21)19-3-9-24(10-4-19)41-27(29,30)31)20-5-7-23(8-6-20)40-18-22(37)13-16-34-17-25(36(38)39)32-26(34)28/h3-10,17,21-22,37H,2,11-16,18H2,1H3/t22-/m1/s1. The van der Waals surface area contributed by atoms with Crippen LogP contribution >= 0.6 is 11.6 Å². The molecule has 10 nitrogen and oxygen atoms in total. The number of piperidine rings is 1. The third-order valence-corrected chi connectivity index (χ3v) is 7.20. The Balaban J connectivity index is 1.24. The number of rotatable bonds is 12. The lowest BCUT2D eigenvalue weighted by Crippen LogP contribution is -2.45. The summed E-state index contributed by atoms with van der Waals surface area (Å²) >= 11 is 5.90. The fraction of sp³-hybridized carbons (Fsp3) is 0.444. The van der Waals surface area contributed by atoms with Crippen LogP contribution in [0.2, 0.25) is 5.28 Å². The van der Waals surface area contributed by atoms with Crippen LogP contribution in [0, 0.1) is 10.1 Å². The summed E-state index contributed by atoms with van der Waals surface area (Å²) < 4.78 is 48.3. The number of hydrogen-bond donors (Lipinski definition) is 1. The number of aliphatic hydroxyl groups is 1. The van der Waals surface area contributed by atoms with Gasteiger partial charge in [-0.3, -0.25) is 4.57 Å². The van der Waals surface area contributed by atoms with E-state index in [0.29, 0.717) is 11.8 Å². The first kappa shape index (κ1) is 30.3. The first-order valence-electron chi connectivity index (χ1n) is 13.2. The van der Waals surface area contributed by atoms with Crippen molar-refractivity contribution in [1.29, 1.82) is 0 Å². The van der Waals surface area contributed by atoms with Crippen molar-refractivity contribution >= 4 is 28.8 Å². The Bertz CT molecular complexity index is 1280. The number of benzene rings is 2. The van der Waals surface area contributed by atoms with Gasteiger partial charge in [-0.05, 0) is 96.2 Å². The fourth-order valence-corrected chi connectivity index (χ4v) is 5.09. The molecule has 0 amide bonds. The molecule has 2 heterocycles. The maximum atomic E-state index is 12.4. The minimum absolute atomic E-state index is 0.0137. The molecule has 41 heavy (non-hydrogen) atoms. The Kier molecular flexibility index (Phi) is 9.81. The molecule has 0 spiro atoms. The summed E-state index contributed by atoms with van der Waals surface area (Å²) in [5, 5.41) is 21.1. The highest BCUT2D eigenvalue weighted by atomic mass is 35.5. The van der Waals surface area contributed by atoms with Gasteiger partial charge in [0.2, 0.25) is 0 Å². The average Bonchev–Trinajstić information content (AvgIpc) is 3.32. The molecule has 0 aliphatic carbocycles. The smallest absolute Gasteiger partial charge is 0.491 e. The molecule has 222 valence electrons. The Hall–Kier alpha value is -3.71. The van der Waals surface area contributed by atoms with Gasteiger partial charge in [0.1, 0.15) is 24.3 Å². The van der Waals surface area contributed by atoms with Crippen LogP contribution in [0.5, 0.6) is 11.5 Å². The zero-order chi connectivity index (χ0) is 29.6. The number of aryl methyl sites for hydroxylation is 1. The number of aromatic nitrogens is 2. The molecule has 3 aromatic rings. The van der Waals surface area contributed by atoms with E-state index in [1.165, 1.54) is 22.9 Å². The molecular formula is C27H31ClF3N5O5. The van der Waals surface area contributed by atoms with E-state index in [0.717, 1.165) is 43.9 Å². The Morgan fingerprint density at radius 2 is 1.78 bits per heavy atom. The summed E-state index contributed by atoms with van der Waals surface area (Å²) in [5.74, 6) is 0.0245. The van der Waals surface area contributed by atoms with Crippen molar-refractivity contribution in [3.8, 4) is 11.5 Å². The number of hydrogen-bond acceptors (Lipinski definition) is 8. The molecule has 1 aliphatic rings. The molecule has 1 aromatic heterocycles. The molecule has 14 heteroatoms. The van der Waals surface area contributed by atoms with E-state index in [1.54, 1.807) is 12.1 Å². The van der Waals surface area contributed by atoms with E-state index in [9.17, 15) is 28.4 Å². The van der Waals surface area contributed by atoms with Crippen molar-refractivity contribution < 1.29 is 32.7 Å². The summed E-state index contributed by atoms with van der Waals surface area (Å²) in [7, 11) is 0. The van der Waals surface area contributed by atoms with Crippen molar-refractivity contribution in [3.63, 3.8) is 0 Å². The number of nitro groups is 1. The Morgan fingerprint density at radius 3 is 2.34 bits per heavy atom. The number of imidazole rings is 1. The van der Waals surface area contributed by atoms with Crippen LogP contribution in [0.4, 0.5) is 30.4 Å². The van der Waals surface area contributed by atoms with E-state index in [4.69, 9.17) is 16.3 Å². The second kappa shape index (κ2) is 13.3. The van der Waals surface area contributed by atoms with Crippen LogP contribution in [0.1, 0.15) is 26.2 Å². The number of halogens is 4. The number of ether oxygens (including phenoxy) is 2. The SMILES string of the molecule is CCN(c1ccc(OC[C@H](O)CCn2cc([N+](=O)[O-])nc2Cl)cc1)C1CCN(c2ccc(OC(F)(F)F)cc2)CC1. The second-order valence-corrected chi connectivity index (χ2v) is 9.95. The number of anilines is 2. The Labute approximate surface area is 240 Å². The van der Waals surface area contributed by atoms with E-state index in [1.807, 2.05) is 24.3 Å². The molecule has 1 saturated heterocycles. The summed E-state index contributed by atoms with van der Waals surface area (Å²) in [6, 6.07) is 13.9. The van der Waals surface area contributed by atoms with Crippen molar-refractivity contribution in [1.82, 2.24) is 9.55 Å². The first-order valence-corrected chi connectivity index (χ1v) is 13.6. The maximum Gasteiger partial charge on any atom is 0.573 e. The molecule has 0 radical (unpaired) electrons. The third-order valence-electron chi connectivity index (χ3n) is 6.90. The van der Waals surface area contributed by atoms with Gasteiger partial charge in [0.15, 0.2) is 0 Å². The highest BCUT2D eigenvalue weighted by Gasteiger charge is 2.31. The molecule has 2 aromatic carbocycles. The number of alkyl halides is 3. The quantitative estimate of drug-likeness (QED) is 0.210. The van der Waals surface area contributed by atoms with E-state index < -0.39 is 17.4 Å². The maximum absolute atomic E-state index is 12.4. The minimum Gasteiger partial charge on any atom is -0.491 e. The van der Waals surface area contributed by atoms with Gasteiger partial charge in [0.05, 0.1) is 6.10 Å². The minimum atomic E-state index is -4.71. The van der Waals surface area contributed by atoms with Crippen LogP contribution in [-0.2, 0) is 6.54 Å². The van der Waals surface area contributed by atoms with Gasteiger partial charge in [0, 0.05) is 43.6 Å². The van der Waals surface area contributed by atoms with Crippen LogP contribution in [0.15, 0.2) is 54.7 Å². The molecule has 0 unspecified atom stereocenters. The summed E-state index contributed by atoms with van der Waals surface area (Å²) in [4.78, 5) is 18.3. The van der Waals surface area contributed by atoms with Gasteiger partial charge < -0.3 is 34.5 Å². The van der Waals surface area contributed by atoms with Crippen molar-refractivity contribution in [2.75, 3.05) is 36.0 Å². The third kappa shape index (κ3) is 8.40. The molecule has 4 rings (SSSR count). The molecule has 1 aliphatic heterocycles. The Morgan fingerprint density at radius 1 is 1.15 bits per heavy atom. The van der Waals surface area contributed by atoms with Crippen LogP contribution < -0.4 is 19.3 Å². The molecular weight excluding hydrogens is 567 g/mol. The van der Waals surface area contributed by atoms with Gasteiger partial charge >= 0.3 is 17.5 Å². The normalized spacial score (nSPS) is 15.0. The lowest BCUT2D eigenvalue weighted by Gasteiger charge is -2.40. The van der Waals surface area contributed by atoms with Crippen LogP contribution in [-0.4, -0.2) is 64.3 Å². The highest BCUT2D eigenvalue weighted by molar-refractivity contribution is 6.28.